The molecule has 0 bridgehead atoms. The Morgan fingerprint density at radius 3 is 2.46 bits per heavy atom. The SMILES string of the molecule is CC.COc1cc2c(cc1O)C1Cc3ccc(O)c(OC)c3CN1CC2. The van der Waals surface area contributed by atoms with E-state index in [1.807, 2.05) is 32.0 Å². The number of ether oxygens (including phenoxy) is 2. The van der Waals surface area contributed by atoms with Gasteiger partial charge in [-0.25, -0.2) is 0 Å². The highest BCUT2D eigenvalue weighted by Crippen LogP contribution is 2.45. The molecule has 2 aromatic carbocycles. The number of methoxy groups -OCH3 is 2. The number of rotatable bonds is 2. The smallest absolute Gasteiger partial charge is 0.165 e. The van der Waals surface area contributed by atoms with Crippen molar-refractivity contribution in [1.29, 1.82) is 0 Å². The van der Waals surface area contributed by atoms with Gasteiger partial charge in [0.25, 0.3) is 0 Å². The molecule has 2 N–H and O–H groups in total. The summed E-state index contributed by atoms with van der Waals surface area (Å²) in [4.78, 5) is 2.39. The molecule has 2 heterocycles. The van der Waals surface area contributed by atoms with Gasteiger partial charge >= 0.3 is 0 Å². The van der Waals surface area contributed by atoms with Crippen LogP contribution in [0.1, 0.15) is 42.1 Å². The third-order valence-electron chi connectivity index (χ3n) is 5.22. The summed E-state index contributed by atoms with van der Waals surface area (Å²) in [5, 5.41) is 20.2. The highest BCUT2D eigenvalue weighted by molar-refractivity contribution is 5.54. The summed E-state index contributed by atoms with van der Waals surface area (Å²) in [5.74, 6) is 1.49. The zero-order chi connectivity index (χ0) is 18.8. The Balaban J connectivity index is 0.000000948. The minimum absolute atomic E-state index is 0.187. The summed E-state index contributed by atoms with van der Waals surface area (Å²) in [7, 11) is 3.17. The molecule has 5 heteroatoms. The van der Waals surface area contributed by atoms with E-state index in [1.165, 1.54) is 11.1 Å². The van der Waals surface area contributed by atoms with E-state index in [0.717, 1.165) is 37.1 Å². The summed E-state index contributed by atoms with van der Waals surface area (Å²) < 4.78 is 10.6. The van der Waals surface area contributed by atoms with Gasteiger partial charge in [-0.2, -0.15) is 0 Å². The van der Waals surface area contributed by atoms with Crippen molar-refractivity contribution in [2.45, 2.75) is 39.3 Å². The van der Waals surface area contributed by atoms with Crippen LogP contribution in [0.5, 0.6) is 23.0 Å². The number of phenols is 2. The van der Waals surface area contributed by atoms with E-state index in [-0.39, 0.29) is 17.5 Å². The van der Waals surface area contributed by atoms with Gasteiger partial charge in [0.2, 0.25) is 0 Å². The number of aromatic hydroxyl groups is 2. The second-order valence-electron chi connectivity index (χ2n) is 6.42. The van der Waals surface area contributed by atoms with E-state index in [4.69, 9.17) is 9.47 Å². The average Bonchev–Trinajstić information content (AvgIpc) is 2.67. The summed E-state index contributed by atoms with van der Waals surface area (Å²) in [5.41, 5.74) is 4.65. The summed E-state index contributed by atoms with van der Waals surface area (Å²) >= 11 is 0. The molecule has 0 saturated carbocycles. The molecule has 2 aliphatic rings. The predicted molar refractivity (Wildman–Crippen MR) is 101 cm³/mol. The molecule has 0 aliphatic carbocycles. The Bertz CT molecular complexity index is 803. The fraction of sp³-hybridized carbons (Fsp3) is 0.429. The lowest BCUT2D eigenvalue weighted by Crippen LogP contribution is -2.39. The molecule has 5 nitrogen and oxygen atoms in total. The van der Waals surface area contributed by atoms with Gasteiger partial charge < -0.3 is 19.7 Å². The molecule has 2 aliphatic heterocycles. The molecule has 0 radical (unpaired) electrons. The molecule has 1 unspecified atom stereocenters. The fourth-order valence-corrected chi connectivity index (χ4v) is 4.02. The van der Waals surface area contributed by atoms with Crippen LogP contribution < -0.4 is 9.47 Å². The van der Waals surface area contributed by atoms with Crippen LogP contribution in [0, 0.1) is 0 Å². The van der Waals surface area contributed by atoms with Gasteiger partial charge in [-0.1, -0.05) is 19.9 Å². The Labute approximate surface area is 154 Å². The second-order valence-corrected chi connectivity index (χ2v) is 6.42. The van der Waals surface area contributed by atoms with E-state index in [1.54, 1.807) is 20.3 Å². The Morgan fingerprint density at radius 1 is 1.00 bits per heavy atom. The lowest BCUT2D eigenvalue weighted by molar-refractivity contribution is 0.157. The third kappa shape index (κ3) is 2.97. The number of phenolic OH excluding ortho intramolecular Hbond substituents is 2. The van der Waals surface area contributed by atoms with Crippen molar-refractivity contribution in [3.8, 4) is 23.0 Å². The molecular weight excluding hydrogens is 330 g/mol. The maximum Gasteiger partial charge on any atom is 0.165 e. The molecule has 140 valence electrons. The second kappa shape index (κ2) is 7.46. The minimum atomic E-state index is 0.187. The van der Waals surface area contributed by atoms with Crippen molar-refractivity contribution >= 4 is 0 Å². The van der Waals surface area contributed by atoms with Crippen molar-refractivity contribution in [2.75, 3.05) is 20.8 Å². The van der Waals surface area contributed by atoms with Crippen LogP contribution in [-0.4, -0.2) is 35.9 Å². The lowest BCUT2D eigenvalue weighted by atomic mass is 9.83. The van der Waals surface area contributed by atoms with Gasteiger partial charge in [0, 0.05) is 24.7 Å². The fourth-order valence-electron chi connectivity index (χ4n) is 4.02. The Kier molecular flexibility index (Phi) is 5.28. The van der Waals surface area contributed by atoms with E-state index in [0.29, 0.717) is 11.5 Å². The quantitative estimate of drug-likeness (QED) is 0.856. The van der Waals surface area contributed by atoms with Gasteiger partial charge in [-0.05, 0) is 47.7 Å². The van der Waals surface area contributed by atoms with E-state index < -0.39 is 0 Å². The largest absolute Gasteiger partial charge is 0.504 e. The van der Waals surface area contributed by atoms with Crippen molar-refractivity contribution in [1.82, 2.24) is 4.90 Å². The van der Waals surface area contributed by atoms with E-state index in [2.05, 4.69) is 4.90 Å². The maximum absolute atomic E-state index is 10.2. The van der Waals surface area contributed by atoms with E-state index >= 15 is 0 Å². The molecule has 0 fully saturated rings. The van der Waals surface area contributed by atoms with Crippen LogP contribution >= 0.6 is 0 Å². The summed E-state index contributed by atoms with van der Waals surface area (Å²) in [6.07, 6.45) is 1.75. The normalized spacial score (nSPS) is 17.9. The standard InChI is InChI=1S/C19H21NO4.C2H6/c1-23-18-8-12-5-6-20-10-14-11(3-4-16(21)19(14)24-2)7-15(20)13(12)9-17(18)22;1-2/h3-4,8-9,15,21-22H,5-7,10H2,1-2H3;1-2H3. The zero-order valence-corrected chi connectivity index (χ0v) is 15.9. The molecule has 0 spiro atoms. The number of fused-ring (bicyclic) bond motifs is 4. The minimum Gasteiger partial charge on any atom is -0.504 e. The highest BCUT2D eigenvalue weighted by Gasteiger charge is 2.34. The molecular formula is C21H27NO4. The first-order valence-corrected chi connectivity index (χ1v) is 9.14. The van der Waals surface area contributed by atoms with Crippen LogP contribution in [0.3, 0.4) is 0 Å². The molecule has 1 atom stereocenters. The first-order valence-electron chi connectivity index (χ1n) is 9.14. The molecule has 0 saturated heterocycles. The van der Waals surface area contributed by atoms with Crippen LogP contribution in [0.2, 0.25) is 0 Å². The van der Waals surface area contributed by atoms with Crippen molar-refractivity contribution in [3.63, 3.8) is 0 Å². The summed E-state index contributed by atoms with van der Waals surface area (Å²) in [6, 6.07) is 7.69. The van der Waals surface area contributed by atoms with Crippen molar-refractivity contribution < 1.29 is 19.7 Å². The van der Waals surface area contributed by atoms with Crippen LogP contribution in [-0.2, 0) is 19.4 Å². The lowest BCUT2D eigenvalue weighted by Gasteiger charge is -2.42. The number of hydrogen-bond donors (Lipinski definition) is 2. The zero-order valence-electron chi connectivity index (χ0n) is 15.9. The number of benzene rings is 2. The highest BCUT2D eigenvalue weighted by atomic mass is 16.5. The van der Waals surface area contributed by atoms with Crippen molar-refractivity contribution in [2.24, 2.45) is 0 Å². The van der Waals surface area contributed by atoms with E-state index in [9.17, 15) is 10.2 Å². The number of hydrogen-bond acceptors (Lipinski definition) is 5. The monoisotopic (exact) mass is 357 g/mol. The topological polar surface area (TPSA) is 62.2 Å². The van der Waals surface area contributed by atoms with Crippen molar-refractivity contribution in [3.05, 3.63) is 46.5 Å². The molecule has 26 heavy (non-hydrogen) atoms. The van der Waals surface area contributed by atoms with Gasteiger partial charge in [0.05, 0.1) is 14.2 Å². The summed E-state index contributed by atoms with van der Waals surface area (Å²) in [6.45, 7) is 5.67. The molecule has 0 aromatic heterocycles. The molecule has 4 rings (SSSR count). The maximum atomic E-state index is 10.2. The Morgan fingerprint density at radius 2 is 1.77 bits per heavy atom. The van der Waals surface area contributed by atoms with Gasteiger partial charge in [0.15, 0.2) is 23.0 Å². The van der Waals surface area contributed by atoms with Crippen LogP contribution in [0.25, 0.3) is 0 Å². The van der Waals surface area contributed by atoms with Crippen LogP contribution in [0.15, 0.2) is 24.3 Å². The predicted octanol–water partition coefficient (Wildman–Crippen LogP) is 3.80. The first-order chi connectivity index (χ1) is 12.6. The molecule has 2 aromatic rings. The van der Waals surface area contributed by atoms with Gasteiger partial charge in [-0.3, -0.25) is 4.90 Å². The number of nitrogens with zero attached hydrogens (tertiary/aromatic N) is 1. The van der Waals surface area contributed by atoms with Gasteiger partial charge in [0.1, 0.15) is 0 Å². The third-order valence-corrected chi connectivity index (χ3v) is 5.22. The molecule has 0 amide bonds. The van der Waals surface area contributed by atoms with Gasteiger partial charge in [-0.15, -0.1) is 0 Å². The Hall–Kier alpha value is -2.40. The average molecular weight is 357 g/mol. The van der Waals surface area contributed by atoms with Crippen LogP contribution in [0.4, 0.5) is 0 Å². The first kappa shape index (κ1) is 18.4.